The lowest BCUT2D eigenvalue weighted by molar-refractivity contribution is -0.140. The summed E-state index contributed by atoms with van der Waals surface area (Å²) in [6.45, 7) is 14.0. The molecule has 0 aliphatic heterocycles. The summed E-state index contributed by atoms with van der Waals surface area (Å²) >= 11 is 1.79. The van der Waals surface area contributed by atoms with Crippen molar-refractivity contribution in [1.82, 2.24) is 4.57 Å². The van der Waals surface area contributed by atoms with Crippen LogP contribution in [0.25, 0.3) is 42.0 Å². The van der Waals surface area contributed by atoms with Crippen molar-refractivity contribution in [1.29, 1.82) is 0 Å². The molecule has 0 N–H and O–H groups in total. The molecule has 5 rings (SSSR count). The topological polar surface area (TPSA) is 65.2 Å². The zero-order valence-corrected chi connectivity index (χ0v) is 24.7. The number of hydrogen-bond donors (Lipinski definition) is 0. The van der Waals surface area contributed by atoms with Gasteiger partial charge in [0, 0.05) is 55.4 Å². The van der Waals surface area contributed by atoms with E-state index < -0.39 is 5.97 Å². The van der Waals surface area contributed by atoms with Crippen LogP contribution in [-0.2, 0) is 21.0 Å². The molecule has 2 heterocycles. The Bertz CT molecular complexity index is 1820. The van der Waals surface area contributed by atoms with Crippen LogP contribution < -0.4 is 0 Å². The largest absolute Gasteiger partial charge is 0.362 e. The summed E-state index contributed by atoms with van der Waals surface area (Å²) in [6, 6.07) is 17.6. The van der Waals surface area contributed by atoms with Gasteiger partial charge in [-0.1, -0.05) is 55.2 Å². The molecule has 7 heteroatoms. The number of carbonyl (C=O) groups excluding carboxylic acids is 1. The van der Waals surface area contributed by atoms with Crippen LogP contribution in [0.2, 0.25) is 0 Å². The molecular weight excluding hydrogens is 518 g/mol. The van der Waals surface area contributed by atoms with Gasteiger partial charge in [0.25, 0.3) is 0 Å². The molecule has 0 fully saturated rings. The Morgan fingerprint density at radius 3 is 2.12 bits per heavy atom. The zero-order valence-electron chi connectivity index (χ0n) is 23.8. The number of rotatable bonds is 10. The standard InChI is InChI=1S/C33H35N3O3S/c1-7-8-9-10-15-36-30-13-11-24(21(4)34-38-20(2)3)16-26(30)27-19-33-29(18-31(27)36)28-17-25(12-14-32(28)40-33)22(5)35-39-23(6)37/h11-14,16-19H,2,7-10,15H2,1,3-6H3/b34-21+,35-22+. The summed E-state index contributed by atoms with van der Waals surface area (Å²) in [5.41, 5.74) is 5.92. The van der Waals surface area contributed by atoms with Crippen LogP contribution in [-0.4, -0.2) is 22.0 Å². The second kappa shape index (κ2) is 11.6. The highest BCUT2D eigenvalue weighted by Gasteiger charge is 2.16. The molecule has 0 aliphatic carbocycles. The van der Waals surface area contributed by atoms with Gasteiger partial charge in [-0.05, 0) is 74.7 Å². The molecule has 40 heavy (non-hydrogen) atoms. The number of oxime groups is 2. The molecular formula is C33H35N3O3S. The van der Waals surface area contributed by atoms with Crippen LogP contribution in [0.3, 0.4) is 0 Å². The maximum absolute atomic E-state index is 11.2. The number of nitrogens with zero attached hydrogens (tertiary/aromatic N) is 3. The van der Waals surface area contributed by atoms with Crippen LogP contribution >= 0.6 is 11.3 Å². The number of allylic oxidation sites excluding steroid dienone is 1. The molecule has 0 radical (unpaired) electrons. The first kappa shape index (κ1) is 27.6. The predicted molar refractivity (Wildman–Crippen MR) is 169 cm³/mol. The first-order valence-electron chi connectivity index (χ1n) is 13.8. The molecule has 0 bridgehead atoms. The van der Waals surface area contributed by atoms with E-state index >= 15 is 0 Å². The van der Waals surface area contributed by atoms with Crippen molar-refractivity contribution in [3.8, 4) is 0 Å². The van der Waals surface area contributed by atoms with Crippen molar-refractivity contribution in [3.63, 3.8) is 0 Å². The number of unbranched alkanes of at least 4 members (excludes halogenated alkanes) is 3. The van der Waals surface area contributed by atoms with Crippen LogP contribution in [0, 0.1) is 0 Å². The van der Waals surface area contributed by atoms with E-state index in [0.29, 0.717) is 11.5 Å². The van der Waals surface area contributed by atoms with Gasteiger partial charge in [0.15, 0.2) is 0 Å². The molecule has 0 amide bonds. The Labute approximate surface area is 238 Å². The maximum Gasteiger partial charge on any atom is 0.331 e. The number of carbonyl (C=O) groups is 1. The third-order valence-corrected chi connectivity index (χ3v) is 8.31. The molecule has 5 aromatic rings. The molecule has 3 aromatic carbocycles. The molecule has 0 aliphatic rings. The summed E-state index contributed by atoms with van der Waals surface area (Å²) in [4.78, 5) is 21.5. The average molecular weight is 554 g/mol. The number of fused-ring (bicyclic) bond motifs is 6. The lowest BCUT2D eigenvalue weighted by atomic mass is 10.0. The first-order valence-corrected chi connectivity index (χ1v) is 14.6. The van der Waals surface area contributed by atoms with E-state index in [1.807, 2.05) is 19.9 Å². The summed E-state index contributed by atoms with van der Waals surface area (Å²) in [6.07, 6.45) is 4.81. The Morgan fingerprint density at radius 1 is 0.775 bits per heavy atom. The van der Waals surface area contributed by atoms with Crippen molar-refractivity contribution in [2.75, 3.05) is 0 Å². The first-order chi connectivity index (χ1) is 19.3. The summed E-state index contributed by atoms with van der Waals surface area (Å²) in [5, 5.41) is 13.1. The number of aryl methyl sites for hydroxylation is 1. The zero-order chi connectivity index (χ0) is 28.4. The highest BCUT2D eigenvalue weighted by molar-refractivity contribution is 7.25. The van der Waals surface area contributed by atoms with E-state index in [0.717, 1.165) is 29.8 Å². The molecule has 0 saturated heterocycles. The van der Waals surface area contributed by atoms with Gasteiger partial charge >= 0.3 is 5.97 Å². The van der Waals surface area contributed by atoms with Gasteiger partial charge in [-0.3, -0.25) is 0 Å². The number of thiophene rings is 1. The second-order valence-electron chi connectivity index (χ2n) is 10.4. The normalized spacial score (nSPS) is 12.6. The minimum atomic E-state index is -0.427. The fraction of sp³-hybridized carbons (Fsp3) is 0.303. The van der Waals surface area contributed by atoms with E-state index in [2.05, 4.69) is 70.8 Å². The van der Waals surface area contributed by atoms with Gasteiger partial charge in [-0.25, -0.2) is 4.79 Å². The van der Waals surface area contributed by atoms with Crippen molar-refractivity contribution in [3.05, 3.63) is 72.0 Å². The fourth-order valence-electron chi connectivity index (χ4n) is 5.14. The molecule has 6 nitrogen and oxygen atoms in total. The lowest BCUT2D eigenvalue weighted by Gasteiger charge is -2.08. The van der Waals surface area contributed by atoms with Crippen molar-refractivity contribution < 1.29 is 14.5 Å². The van der Waals surface area contributed by atoms with Crippen LogP contribution in [0.5, 0.6) is 0 Å². The average Bonchev–Trinajstić information content (AvgIpc) is 3.45. The number of hydrogen-bond acceptors (Lipinski definition) is 6. The van der Waals surface area contributed by atoms with E-state index in [9.17, 15) is 4.79 Å². The smallest absolute Gasteiger partial charge is 0.331 e. The molecule has 0 spiro atoms. The summed E-state index contributed by atoms with van der Waals surface area (Å²) in [7, 11) is 0. The van der Waals surface area contributed by atoms with Crippen LogP contribution in [0.4, 0.5) is 0 Å². The van der Waals surface area contributed by atoms with Gasteiger partial charge in [0.05, 0.1) is 11.4 Å². The third kappa shape index (κ3) is 5.52. The second-order valence-corrected chi connectivity index (χ2v) is 11.4. The summed E-state index contributed by atoms with van der Waals surface area (Å²) in [5.74, 6) is 0.135. The minimum Gasteiger partial charge on any atom is -0.362 e. The molecule has 0 atom stereocenters. The van der Waals surface area contributed by atoms with Gasteiger partial charge < -0.3 is 14.2 Å². The highest BCUT2D eigenvalue weighted by Crippen LogP contribution is 2.40. The van der Waals surface area contributed by atoms with E-state index in [1.54, 1.807) is 18.3 Å². The predicted octanol–water partition coefficient (Wildman–Crippen LogP) is 9.30. The van der Waals surface area contributed by atoms with Gasteiger partial charge in [0.2, 0.25) is 0 Å². The van der Waals surface area contributed by atoms with Gasteiger partial charge in [-0.15, -0.1) is 11.3 Å². The van der Waals surface area contributed by atoms with E-state index in [1.165, 1.54) is 68.2 Å². The quantitative estimate of drug-likeness (QED) is 0.0569. The monoisotopic (exact) mass is 553 g/mol. The van der Waals surface area contributed by atoms with Crippen LogP contribution in [0.15, 0.2) is 71.2 Å². The molecule has 0 unspecified atom stereocenters. The summed E-state index contributed by atoms with van der Waals surface area (Å²) < 4.78 is 4.92. The lowest BCUT2D eigenvalue weighted by Crippen LogP contribution is -1.99. The Morgan fingerprint density at radius 2 is 1.43 bits per heavy atom. The Balaban J connectivity index is 1.69. The SMILES string of the molecule is C=C(C)O/N=C(\C)c1ccc2c(c1)c1cc3sc4ccc(/C(C)=N/OC(C)=O)cc4c3cc1n2CCCCCC. The van der Waals surface area contributed by atoms with Gasteiger partial charge in [0.1, 0.15) is 5.76 Å². The van der Waals surface area contributed by atoms with Crippen molar-refractivity contribution >= 4 is 70.7 Å². The van der Waals surface area contributed by atoms with E-state index in [-0.39, 0.29) is 0 Å². The molecule has 0 saturated carbocycles. The van der Waals surface area contributed by atoms with Crippen LogP contribution in [0.1, 0.15) is 71.4 Å². The van der Waals surface area contributed by atoms with E-state index in [4.69, 9.17) is 9.68 Å². The maximum atomic E-state index is 11.2. The van der Waals surface area contributed by atoms with Crippen molar-refractivity contribution in [2.45, 2.75) is 66.8 Å². The highest BCUT2D eigenvalue weighted by atomic mass is 32.1. The third-order valence-electron chi connectivity index (χ3n) is 7.18. The van der Waals surface area contributed by atoms with Gasteiger partial charge in [-0.2, -0.15) is 0 Å². The van der Waals surface area contributed by atoms with Crippen molar-refractivity contribution in [2.24, 2.45) is 10.3 Å². The Hall–Kier alpha value is -3.97. The molecule has 206 valence electrons. The fourth-order valence-corrected chi connectivity index (χ4v) is 6.25. The minimum absolute atomic E-state index is 0.427. The Kier molecular flexibility index (Phi) is 8.03. The number of benzene rings is 3. The number of aromatic nitrogens is 1. The molecule has 2 aromatic heterocycles.